The van der Waals surface area contributed by atoms with Gasteiger partial charge < -0.3 is 10.1 Å². The minimum absolute atomic E-state index is 0.0915. The number of carbonyl (C=O) groups excluding carboxylic acids is 1. The molecule has 34 heavy (non-hydrogen) atoms. The van der Waals surface area contributed by atoms with Crippen LogP contribution in [-0.2, 0) is 27.7 Å². The summed E-state index contributed by atoms with van der Waals surface area (Å²) in [5.41, 5.74) is 2.76. The lowest BCUT2D eigenvalue weighted by Crippen LogP contribution is -2.50. The first-order valence-corrected chi connectivity index (χ1v) is 12.8. The highest BCUT2D eigenvalue weighted by atomic mass is 32.2. The van der Waals surface area contributed by atoms with Crippen LogP contribution in [0.3, 0.4) is 0 Å². The van der Waals surface area contributed by atoms with Crippen LogP contribution in [-0.4, -0.2) is 33.5 Å². The molecule has 0 aliphatic carbocycles. The van der Waals surface area contributed by atoms with Gasteiger partial charge in [0.15, 0.2) is 0 Å². The SMILES string of the molecule is COc1ccc(S(=O)(=O)N[C@@H](Cc2ccccc2)C(=O)N[C@H](C)CCc2ccccc2)cc1C. The molecule has 0 spiro atoms. The van der Waals surface area contributed by atoms with E-state index in [1.165, 1.54) is 18.7 Å². The lowest BCUT2D eigenvalue weighted by atomic mass is 10.0. The minimum Gasteiger partial charge on any atom is -0.496 e. The fourth-order valence-electron chi connectivity index (χ4n) is 3.75. The molecule has 0 radical (unpaired) electrons. The molecule has 0 unspecified atom stereocenters. The van der Waals surface area contributed by atoms with Crippen molar-refractivity contribution in [2.24, 2.45) is 0 Å². The second-order valence-corrected chi connectivity index (χ2v) is 10.1. The van der Waals surface area contributed by atoms with Crippen LogP contribution in [0.2, 0.25) is 0 Å². The van der Waals surface area contributed by atoms with E-state index in [1.54, 1.807) is 19.1 Å². The Morgan fingerprint density at radius 3 is 2.15 bits per heavy atom. The Balaban J connectivity index is 1.74. The third-order valence-electron chi connectivity index (χ3n) is 5.67. The van der Waals surface area contributed by atoms with Gasteiger partial charge in [0.05, 0.1) is 12.0 Å². The molecule has 3 aromatic carbocycles. The number of amides is 1. The summed E-state index contributed by atoms with van der Waals surface area (Å²) in [6.07, 6.45) is 1.81. The number of rotatable bonds is 11. The monoisotopic (exact) mass is 480 g/mol. The maximum Gasteiger partial charge on any atom is 0.241 e. The Morgan fingerprint density at radius 2 is 1.56 bits per heavy atom. The van der Waals surface area contributed by atoms with Crippen LogP contribution in [0.25, 0.3) is 0 Å². The average molecular weight is 481 g/mol. The molecule has 3 rings (SSSR count). The Bertz CT molecular complexity index is 1180. The largest absolute Gasteiger partial charge is 0.496 e. The molecule has 0 saturated heterocycles. The molecule has 3 aromatic rings. The topological polar surface area (TPSA) is 84.5 Å². The quantitative estimate of drug-likeness (QED) is 0.434. The number of ether oxygens (including phenoxy) is 1. The van der Waals surface area contributed by atoms with Gasteiger partial charge in [-0.3, -0.25) is 4.79 Å². The molecule has 2 N–H and O–H groups in total. The zero-order valence-electron chi connectivity index (χ0n) is 19.8. The van der Waals surface area contributed by atoms with Gasteiger partial charge in [0.2, 0.25) is 15.9 Å². The fraction of sp³-hybridized carbons (Fsp3) is 0.296. The first kappa shape index (κ1) is 25.5. The Kier molecular flexibility index (Phi) is 8.85. The van der Waals surface area contributed by atoms with Crippen molar-refractivity contribution < 1.29 is 17.9 Å². The van der Waals surface area contributed by atoms with Gasteiger partial charge in [-0.2, -0.15) is 4.72 Å². The number of sulfonamides is 1. The summed E-state index contributed by atoms with van der Waals surface area (Å²) in [5.74, 6) is 0.253. The van der Waals surface area contributed by atoms with Crippen LogP contribution < -0.4 is 14.8 Å². The van der Waals surface area contributed by atoms with E-state index in [0.717, 1.165) is 18.4 Å². The zero-order valence-corrected chi connectivity index (χ0v) is 20.6. The predicted octanol–water partition coefficient (Wildman–Crippen LogP) is 4.03. The number of carbonyl (C=O) groups is 1. The van der Waals surface area contributed by atoms with E-state index in [-0.39, 0.29) is 23.3 Å². The molecular formula is C27H32N2O4S. The number of hydrogen-bond acceptors (Lipinski definition) is 4. The van der Waals surface area contributed by atoms with E-state index in [1.807, 2.05) is 55.5 Å². The molecule has 0 aliphatic heterocycles. The van der Waals surface area contributed by atoms with Crippen molar-refractivity contribution in [2.75, 3.05) is 7.11 Å². The van der Waals surface area contributed by atoms with Crippen LogP contribution in [0.1, 0.15) is 30.0 Å². The number of methoxy groups -OCH3 is 1. The molecule has 7 heteroatoms. The molecule has 0 heterocycles. The van der Waals surface area contributed by atoms with E-state index in [9.17, 15) is 13.2 Å². The van der Waals surface area contributed by atoms with Gasteiger partial charge in [-0.05, 0) is 68.0 Å². The van der Waals surface area contributed by atoms with Crippen molar-refractivity contribution in [1.82, 2.24) is 10.0 Å². The summed E-state index contributed by atoms with van der Waals surface area (Å²) >= 11 is 0. The van der Waals surface area contributed by atoms with Crippen molar-refractivity contribution in [3.05, 3.63) is 95.6 Å². The molecule has 0 bridgehead atoms. The van der Waals surface area contributed by atoms with Crippen LogP contribution >= 0.6 is 0 Å². The van der Waals surface area contributed by atoms with Gasteiger partial charge in [-0.1, -0.05) is 60.7 Å². The fourth-order valence-corrected chi connectivity index (χ4v) is 5.03. The molecule has 6 nitrogen and oxygen atoms in total. The molecule has 0 fully saturated rings. The summed E-state index contributed by atoms with van der Waals surface area (Å²) in [6, 6.07) is 23.0. The highest BCUT2D eigenvalue weighted by Gasteiger charge is 2.27. The van der Waals surface area contributed by atoms with Gasteiger partial charge >= 0.3 is 0 Å². The molecule has 1 amide bonds. The predicted molar refractivity (Wildman–Crippen MR) is 134 cm³/mol. The molecule has 180 valence electrons. The number of hydrogen-bond donors (Lipinski definition) is 2. The zero-order chi connectivity index (χ0) is 24.6. The molecule has 2 atom stereocenters. The maximum atomic E-state index is 13.2. The minimum atomic E-state index is -3.93. The smallest absolute Gasteiger partial charge is 0.241 e. The first-order valence-electron chi connectivity index (χ1n) is 11.3. The lowest BCUT2D eigenvalue weighted by Gasteiger charge is -2.22. The molecular weight excluding hydrogens is 448 g/mol. The van der Waals surface area contributed by atoms with E-state index in [2.05, 4.69) is 22.2 Å². The van der Waals surface area contributed by atoms with Crippen molar-refractivity contribution in [2.45, 2.75) is 50.1 Å². The van der Waals surface area contributed by atoms with E-state index in [0.29, 0.717) is 11.3 Å². The number of aryl methyl sites for hydroxylation is 2. The van der Waals surface area contributed by atoms with Gasteiger partial charge in [-0.15, -0.1) is 0 Å². The second kappa shape index (κ2) is 11.8. The highest BCUT2D eigenvalue weighted by Crippen LogP contribution is 2.21. The normalized spacial score (nSPS) is 13.1. The van der Waals surface area contributed by atoms with Crippen molar-refractivity contribution >= 4 is 15.9 Å². The van der Waals surface area contributed by atoms with Crippen LogP contribution in [0, 0.1) is 6.92 Å². The summed E-state index contributed by atoms with van der Waals surface area (Å²) in [5, 5.41) is 2.99. The number of nitrogens with one attached hydrogen (secondary N) is 2. The van der Waals surface area contributed by atoms with E-state index >= 15 is 0 Å². The highest BCUT2D eigenvalue weighted by molar-refractivity contribution is 7.89. The lowest BCUT2D eigenvalue weighted by molar-refractivity contribution is -0.123. The van der Waals surface area contributed by atoms with Crippen molar-refractivity contribution in [3.63, 3.8) is 0 Å². The van der Waals surface area contributed by atoms with Gasteiger partial charge in [0.25, 0.3) is 0 Å². The standard InChI is InChI=1S/C27H32N2O4S/c1-20-18-24(16-17-26(20)33-3)34(31,32)29-25(19-23-12-8-5-9-13-23)27(30)28-21(2)14-15-22-10-6-4-7-11-22/h4-13,16-18,21,25,29H,14-15,19H2,1-3H3,(H,28,30)/t21-,25+/m1/s1. The van der Waals surface area contributed by atoms with Crippen molar-refractivity contribution in [1.29, 1.82) is 0 Å². The molecule has 0 saturated carbocycles. The Morgan fingerprint density at radius 1 is 0.941 bits per heavy atom. The summed E-state index contributed by atoms with van der Waals surface area (Å²) in [6.45, 7) is 3.71. The van der Waals surface area contributed by atoms with E-state index < -0.39 is 16.1 Å². The summed E-state index contributed by atoms with van der Waals surface area (Å²) in [7, 11) is -2.39. The average Bonchev–Trinajstić information content (AvgIpc) is 2.83. The van der Waals surface area contributed by atoms with Crippen LogP contribution in [0.4, 0.5) is 0 Å². The van der Waals surface area contributed by atoms with Crippen LogP contribution in [0.15, 0.2) is 83.8 Å². The number of benzene rings is 3. The molecule has 0 aromatic heterocycles. The van der Waals surface area contributed by atoms with Gasteiger partial charge in [-0.25, -0.2) is 8.42 Å². The van der Waals surface area contributed by atoms with Crippen LogP contribution in [0.5, 0.6) is 5.75 Å². The second-order valence-electron chi connectivity index (χ2n) is 8.43. The third-order valence-corrected chi connectivity index (χ3v) is 7.14. The van der Waals surface area contributed by atoms with Gasteiger partial charge in [0, 0.05) is 6.04 Å². The molecule has 0 aliphatic rings. The van der Waals surface area contributed by atoms with Crippen molar-refractivity contribution in [3.8, 4) is 5.75 Å². The Hall–Kier alpha value is -3.16. The summed E-state index contributed by atoms with van der Waals surface area (Å²) < 4.78 is 34.2. The van der Waals surface area contributed by atoms with Gasteiger partial charge in [0.1, 0.15) is 11.8 Å². The summed E-state index contributed by atoms with van der Waals surface area (Å²) in [4.78, 5) is 13.3. The Labute approximate surface area is 202 Å². The maximum absolute atomic E-state index is 13.2. The first-order chi connectivity index (χ1) is 16.3. The third kappa shape index (κ3) is 7.17. The van der Waals surface area contributed by atoms with E-state index in [4.69, 9.17) is 4.74 Å².